The Morgan fingerprint density at radius 2 is 2.21 bits per heavy atom. The second-order valence-corrected chi connectivity index (χ2v) is 4.15. The van der Waals surface area contributed by atoms with Gasteiger partial charge in [-0.2, -0.15) is 0 Å². The van der Waals surface area contributed by atoms with E-state index in [4.69, 9.17) is 5.73 Å². The first-order valence-corrected chi connectivity index (χ1v) is 5.49. The molecule has 0 amide bonds. The quantitative estimate of drug-likeness (QED) is 0.897. The van der Waals surface area contributed by atoms with E-state index in [2.05, 4.69) is 25.8 Å². The first-order chi connectivity index (χ1) is 6.65. The van der Waals surface area contributed by atoms with E-state index < -0.39 is 0 Å². The number of anilines is 1. The molecule has 0 atom stereocenters. The molecule has 0 saturated carbocycles. The van der Waals surface area contributed by atoms with E-state index in [1.807, 2.05) is 26.1 Å². The molecule has 0 radical (unpaired) electrons. The number of hydrogen-bond donors (Lipinski definition) is 1. The van der Waals surface area contributed by atoms with Gasteiger partial charge in [0.25, 0.3) is 0 Å². The van der Waals surface area contributed by atoms with Gasteiger partial charge in [0.15, 0.2) is 0 Å². The summed E-state index contributed by atoms with van der Waals surface area (Å²) in [7, 11) is 2.03. The van der Waals surface area contributed by atoms with Crippen LogP contribution in [0.4, 0.5) is 5.82 Å². The predicted molar refractivity (Wildman–Crippen MR) is 63.6 cm³/mol. The second kappa shape index (κ2) is 5.32. The van der Waals surface area contributed by atoms with Gasteiger partial charge in [0.2, 0.25) is 0 Å². The zero-order chi connectivity index (χ0) is 10.6. The molecule has 0 aliphatic rings. The number of aromatic nitrogens is 1. The van der Waals surface area contributed by atoms with Gasteiger partial charge in [0, 0.05) is 18.1 Å². The molecule has 0 bridgehead atoms. The van der Waals surface area contributed by atoms with Crippen molar-refractivity contribution < 1.29 is 0 Å². The zero-order valence-electron chi connectivity index (χ0n) is 8.63. The summed E-state index contributed by atoms with van der Waals surface area (Å²) in [6, 6.07) is 4.03. The van der Waals surface area contributed by atoms with E-state index in [0.29, 0.717) is 0 Å². The normalized spacial score (nSPS) is 10.3. The highest BCUT2D eigenvalue weighted by Crippen LogP contribution is 2.18. The smallest absolute Gasteiger partial charge is 0.128 e. The number of halogens is 1. The van der Waals surface area contributed by atoms with Crippen LogP contribution in [-0.4, -0.2) is 25.1 Å². The van der Waals surface area contributed by atoms with E-state index in [-0.39, 0.29) is 0 Å². The van der Waals surface area contributed by atoms with Gasteiger partial charge in [-0.05, 0) is 48.0 Å². The van der Waals surface area contributed by atoms with Crippen molar-refractivity contribution in [1.29, 1.82) is 0 Å². The molecule has 1 aromatic rings. The van der Waals surface area contributed by atoms with Gasteiger partial charge in [-0.25, -0.2) is 4.98 Å². The fraction of sp³-hybridized carbons (Fsp3) is 0.500. The highest BCUT2D eigenvalue weighted by Gasteiger charge is 2.03. The molecule has 0 spiro atoms. The summed E-state index contributed by atoms with van der Waals surface area (Å²) >= 11 is 3.43. The first-order valence-electron chi connectivity index (χ1n) is 4.69. The van der Waals surface area contributed by atoms with Gasteiger partial charge in [0.05, 0.1) is 5.69 Å². The molecule has 0 aromatic carbocycles. The van der Waals surface area contributed by atoms with Crippen LogP contribution in [0.3, 0.4) is 0 Å². The minimum Gasteiger partial charge on any atom is -0.360 e. The number of aryl methyl sites for hydroxylation is 1. The minimum atomic E-state index is 0.722. The standard InChI is InChI=1S/C10H16BrN3/c1-8-9(11)4-5-10(13-8)14(2)7-3-6-12/h4-5H,3,6-7,12H2,1-2H3. The van der Waals surface area contributed by atoms with Gasteiger partial charge in [-0.1, -0.05) is 0 Å². The van der Waals surface area contributed by atoms with Crippen molar-refractivity contribution in [3.63, 3.8) is 0 Å². The summed E-state index contributed by atoms with van der Waals surface area (Å²) in [6.07, 6.45) is 0.993. The molecule has 1 aromatic heterocycles. The maximum absolute atomic E-state index is 5.45. The Bertz CT molecular complexity index is 301. The van der Waals surface area contributed by atoms with E-state index in [0.717, 1.165) is 35.5 Å². The van der Waals surface area contributed by atoms with Crippen LogP contribution in [0.1, 0.15) is 12.1 Å². The van der Waals surface area contributed by atoms with Crippen LogP contribution in [0, 0.1) is 6.92 Å². The van der Waals surface area contributed by atoms with Crippen molar-refractivity contribution in [2.45, 2.75) is 13.3 Å². The van der Waals surface area contributed by atoms with E-state index in [1.165, 1.54) is 0 Å². The summed E-state index contributed by atoms with van der Waals surface area (Å²) in [5, 5.41) is 0. The Labute approximate surface area is 93.4 Å². The summed E-state index contributed by atoms with van der Waals surface area (Å²) in [5.41, 5.74) is 6.47. The largest absolute Gasteiger partial charge is 0.360 e. The lowest BCUT2D eigenvalue weighted by atomic mass is 10.3. The zero-order valence-corrected chi connectivity index (χ0v) is 10.2. The predicted octanol–water partition coefficient (Wildman–Crippen LogP) is 1.94. The molecular formula is C10H16BrN3. The summed E-state index contributed by atoms with van der Waals surface area (Å²) in [6.45, 7) is 3.66. The molecule has 2 N–H and O–H groups in total. The van der Waals surface area contributed by atoms with Crippen molar-refractivity contribution >= 4 is 21.7 Å². The highest BCUT2D eigenvalue weighted by atomic mass is 79.9. The van der Waals surface area contributed by atoms with Crippen molar-refractivity contribution in [3.05, 3.63) is 22.3 Å². The monoisotopic (exact) mass is 257 g/mol. The van der Waals surface area contributed by atoms with Gasteiger partial charge in [-0.15, -0.1) is 0 Å². The van der Waals surface area contributed by atoms with Crippen molar-refractivity contribution in [3.8, 4) is 0 Å². The van der Waals surface area contributed by atoms with Crippen LogP contribution < -0.4 is 10.6 Å². The summed E-state index contributed by atoms with van der Waals surface area (Å²) in [5.74, 6) is 0.999. The van der Waals surface area contributed by atoms with Gasteiger partial charge < -0.3 is 10.6 Å². The second-order valence-electron chi connectivity index (χ2n) is 3.30. The summed E-state index contributed by atoms with van der Waals surface area (Å²) < 4.78 is 1.05. The maximum Gasteiger partial charge on any atom is 0.128 e. The molecule has 0 saturated heterocycles. The Balaban J connectivity index is 2.70. The molecule has 0 unspecified atom stereocenters. The highest BCUT2D eigenvalue weighted by molar-refractivity contribution is 9.10. The molecule has 0 aliphatic carbocycles. The van der Waals surface area contributed by atoms with E-state index >= 15 is 0 Å². The molecule has 0 fully saturated rings. The van der Waals surface area contributed by atoms with Gasteiger partial charge >= 0.3 is 0 Å². The van der Waals surface area contributed by atoms with Gasteiger partial charge in [-0.3, -0.25) is 0 Å². The Morgan fingerprint density at radius 1 is 1.50 bits per heavy atom. The Morgan fingerprint density at radius 3 is 2.79 bits per heavy atom. The third kappa shape index (κ3) is 2.96. The van der Waals surface area contributed by atoms with Crippen molar-refractivity contribution in [2.75, 3.05) is 25.0 Å². The number of rotatable bonds is 4. The SMILES string of the molecule is Cc1nc(N(C)CCCN)ccc1Br. The summed E-state index contributed by atoms with van der Waals surface area (Å²) in [4.78, 5) is 6.58. The maximum atomic E-state index is 5.45. The molecule has 4 heteroatoms. The van der Waals surface area contributed by atoms with Crippen LogP contribution in [-0.2, 0) is 0 Å². The molecule has 78 valence electrons. The lowest BCUT2D eigenvalue weighted by Crippen LogP contribution is -2.22. The van der Waals surface area contributed by atoms with Crippen molar-refractivity contribution in [2.24, 2.45) is 5.73 Å². The molecule has 1 rings (SSSR count). The number of nitrogens with zero attached hydrogens (tertiary/aromatic N) is 2. The third-order valence-electron chi connectivity index (χ3n) is 2.10. The Hall–Kier alpha value is -0.610. The van der Waals surface area contributed by atoms with Crippen LogP contribution >= 0.6 is 15.9 Å². The topological polar surface area (TPSA) is 42.2 Å². The van der Waals surface area contributed by atoms with Crippen LogP contribution in [0.15, 0.2) is 16.6 Å². The lowest BCUT2D eigenvalue weighted by molar-refractivity contribution is 0.785. The van der Waals surface area contributed by atoms with Gasteiger partial charge in [0.1, 0.15) is 5.82 Å². The number of pyridine rings is 1. The minimum absolute atomic E-state index is 0.722. The lowest BCUT2D eigenvalue weighted by Gasteiger charge is -2.18. The molecule has 3 nitrogen and oxygen atoms in total. The van der Waals surface area contributed by atoms with E-state index in [1.54, 1.807) is 0 Å². The average Bonchev–Trinajstić information content (AvgIpc) is 2.18. The van der Waals surface area contributed by atoms with Crippen LogP contribution in [0.2, 0.25) is 0 Å². The number of hydrogen-bond acceptors (Lipinski definition) is 3. The average molecular weight is 258 g/mol. The van der Waals surface area contributed by atoms with Crippen molar-refractivity contribution in [1.82, 2.24) is 4.98 Å². The molecule has 14 heavy (non-hydrogen) atoms. The van der Waals surface area contributed by atoms with Crippen LogP contribution in [0.25, 0.3) is 0 Å². The number of nitrogens with two attached hydrogens (primary N) is 1. The molecule has 0 aliphatic heterocycles. The molecular weight excluding hydrogens is 242 g/mol. The first kappa shape index (κ1) is 11.5. The fourth-order valence-corrected chi connectivity index (χ4v) is 1.41. The molecule has 1 heterocycles. The van der Waals surface area contributed by atoms with E-state index in [9.17, 15) is 0 Å². The van der Waals surface area contributed by atoms with Crippen LogP contribution in [0.5, 0.6) is 0 Å². The fourth-order valence-electron chi connectivity index (χ4n) is 1.19. The third-order valence-corrected chi connectivity index (χ3v) is 2.93. The Kier molecular flexibility index (Phi) is 4.35.